The summed E-state index contributed by atoms with van der Waals surface area (Å²) in [5.41, 5.74) is 5.24. The molecule has 0 aliphatic heterocycles. The highest BCUT2D eigenvalue weighted by atomic mass is 16.5. The fourth-order valence-corrected chi connectivity index (χ4v) is 0.318. The Morgan fingerprint density at radius 1 is 1.88 bits per heavy atom. The van der Waals surface area contributed by atoms with Gasteiger partial charge in [0.2, 0.25) is 5.90 Å². The maximum absolute atomic E-state index is 8.08. The summed E-state index contributed by atoms with van der Waals surface area (Å²) < 4.78 is 4.54. The summed E-state index contributed by atoms with van der Waals surface area (Å²) in [6.07, 6.45) is 0. The second-order valence-electron chi connectivity index (χ2n) is 1.43. The highest BCUT2D eigenvalue weighted by Gasteiger charge is 2.02. The molecule has 0 saturated carbocycles. The number of methoxy groups -OCH3 is 1. The van der Waals surface area contributed by atoms with Crippen molar-refractivity contribution in [2.75, 3.05) is 7.11 Å². The number of oxime groups is 1. The third-order valence-electron chi connectivity index (χ3n) is 0.697. The number of rotatable bonds is 1. The Hall–Kier alpha value is -0.770. The van der Waals surface area contributed by atoms with Crippen LogP contribution in [0.4, 0.5) is 0 Å². The molecule has 0 saturated heterocycles. The van der Waals surface area contributed by atoms with E-state index in [9.17, 15) is 0 Å². The molecule has 0 aromatic heterocycles. The summed E-state index contributed by atoms with van der Waals surface area (Å²) in [6.45, 7) is 1.67. The van der Waals surface area contributed by atoms with Gasteiger partial charge in [0.15, 0.2) is 0 Å². The number of hydrogen-bond donors (Lipinski definition) is 2. The van der Waals surface area contributed by atoms with Crippen LogP contribution in [0.3, 0.4) is 0 Å². The van der Waals surface area contributed by atoms with Gasteiger partial charge in [-0.05, 0) is 6.92 Å². The van der Waals surface area contributed by atoms with Gasteiger partial charge in [0, 0.05) is 0 Å². The molecule has 0 aromatic rings. The van der Waals surface area contributed by atoms with Crippen molar-refractivity contribution in [3.8, 4) is 0 Å². The van der Waals surface area contributed by atoms with Gasteiger partial charge >= 0.3 is 0 Å². The quantitative estimate of drug-likeness (QED) is 0.216. The van der Waals surface area contributed by atoms with Crippen molar-refractivity contribution >= 4 is 5.90 Å². The first-order valence-electron chi connectivity index (χ1n) is 2.24. The molecular weight excluding hydrogens is 108 g/mol. The zero-order valence-electron chi connectivity index (χ0n) is 4.96. The van der Waals surface area contributed by atoms with E-state index in [1.807, 2.05) is 0 Å². The van der Waals surface area contributed by atoms with Crippen molar-refractivity contribution in [1.29, 1.82) is 0 Å². The van der Waals surface area contributed by atoms with Crippen molar-refractivity contribution in [2.24, 2.45) is 10.9 Å². The standard InChI is InChI=1S/C4H10N2O2/c1-3(5)4(6-7)8-2/h3,7H,5H2,1-2H3/b6-4-/t3-/m1/s1. The Labute approximate surface area is 47.9 Å². The molecule has 0 radical (unpaired) electrons. The summed E-state index contributed by atoms with van der Waals surface area (Å²) >= 11 is 0. The monoisotopic (exact) mass is 118 g/mol. The van der Waals surface area contributed by atoms with Crippen LogP contribution in [-0.2, 0) is 4.74 Å². The molecule has 0 heterocycles. The fourth-order valence-electron chi connectivity index (χ4n) is 0.318. The van der Waals surface area contributed by atoms with E-state index >= 15 is 0 Å². The van der Waals surface area contributed by atoms with Gasteiger partial charge < -0.3 is 15.7 Å². The van der Waals surface area contributed by atoms with E-state index < -0.39 is 0 Å². The second-order valence-corrected chi connectivity index (χ2v) is 1.43. The zero-order valence-corrected chi connectivity index (χ0v) is 4.96. The van der Waals surface area contributed by atoms with Crippen molar-refractivity contribution in [2.45, 2.75) is 13.0 Å². The number of nitrogens with zero attached hydrogens (tertiary/aromatic N) is 1. The van der Waals surface area contributed by atoms with E-state index in [0.29, 0.717) is 0 Å². The van der Waals surface area contributed by atoms with Crippen LogP contribution in [0.1, 0.15) is 6.92 Å². The van der Waals surface area contributed by atoms with Crippen molar-refractivity contribution in [3.63, 3.8) is 0 Å². The molecule has 0 aliphatic carbocycles. The van der Waals surface area contributed by atoms with Crippen molar-refractivity contribution in [3.05, 3.63) is 0 Å². The second kappa shape index (κ2) is 3.26. The average Bonchev–Trinajstić information content (AvgIpc) is 1.69. The summed E-state index contributed by atoms with van der Waals surface area (Å²) in [5.74, 6) is 0.144. The van der Waals surface area contributed by atoms with Gasteiger partial charge in [0.1, 0.15) is 0 Å². The molecule has 0 unspecified atom stereocenters. The Bertz CT molecular complexity index is 90.0. The van der Waals surface area contributed by atoms with E-state index in [2.05, 4.69) is 9.89 Å². The molecule has 8 heavy (non-hydrogen) atoms. The molecular formula is C4H10N2O2. The summed E-state index contributed by atoms with van der Waals surface area (Å²) in [5, 5.41) is 10.9. The largest absolute Gasteiger partial charge is 0.481 e. The molecule has 4 nitrogen and oxygen atoms in total. The highest BCUT2D eigenvalue weighted by molar-refractivity contribution is 5.80. The maximum Gasteiger partial charge on any atom is 0.242 e. The molecule has 0 aromatic carbocycles. The molecule has 48 valence electrons. The van der Waals surface area contributed by atoms with E-state index in [0.717, 1.165) is 0 Å². The van der Waals surface area contributed by atoms with Crippen LogP contribution in [-0.4, -0.2) is 24.3 Å². The molecule has 0 fully saturated rings. The lowest BCUT2D eigenvalue weighted by molar-refractivity contribution is 0.278. The summed E-state index contributed by atoms with van der Waals surface area (Å²) in [7, 11) is 1.40. The van der Waals surface area contributed by atoms with Crippen LogP contribution in [0.25, 0.3) is 0 Å². The molecule has 3 N–H and O–H groups in total. The van der Waals surface area contributed by atoms with Gasteiger partial charge in [0.05, 0.1) is 13.2 Å². The van der Waals surface area contributed by atoms with Gasteiger partial charge in [-0.25, -0.2) is 0 Å². The van der Waals surface area contributed by atoms with Crippen LogP contribution in [0, 0.1) is 0 Å². The predicted octanol–water partition coefficient (Wildman–Crippen LogP) is -0.232. The molecule has 4 heteroatoms. The van der Waals surface area contributed by atoms with Crippen LogP contribution < -0.4 is 5.73 Å². The van der Waals surface area contributed by atoms with Gasteiger partial charge in [-0.1, -0.05) is 5.16 Å². The SMILES string of the molecule is CO/C(=N\O)[C@@H](C)N. The minimum atomic E-state index is -0.343. The number of ether oxygens (including phenoxy) is 1. The lowest BCUT2D eigenvalue weighted by Gasteiger charge is -2.03. The third kappa shape index (κ3) is 1.79. The minimum Gasteiger partial charge on any atom is -0.481 e. The fraction of sp³-hybridized carbons (Fsp3) is 0.750. The number of nitrogens with two attached hydrogens (primary N) is 1. The molecule has 0 spiro atoms. The van der Waals surface area contributed by atoms with E-state index in [4.69, 9.17) is 10.9 Å². The lowest BCUT2D eigenvalue weighted by atomic mass is 10.4. The Kier molecular flexibility index (Phi) is 2.95. The predicted molar refractivity (Wildman–Crippen MR) is 29.9 cm³/mol. The average molecular weight is 118 g/mol. The molecule has 1 atom stereocenters. The Morgan fingerprint density at radius 2 is 2.38 bits per heavy atom. The van der Waals surface area contributed by atoms with Crippen LogP contribution >= 0.6 is 0 Å². The van der Waals surface area contributed by atoms with Gasteiger partial charge in [-0.3, -0.25) is 0 Å². The Balaban J connectivity index is 3.72. The number of hydrogen-bond acceptors (Lipinski definition) is 4. The first-order valence-corrected chi connectivity index (χ1v) is 2.24. The molecule has 0 aliphatic rings. The van der Waals surface area contributed by atoms with Gasteiger partial charge in [-0.2, -0.15) is 0 Å². The van der Waals surface area contributed by atoms with E-state index in [-0.39, 0.29) is 11.9 Å². The summed E-state index contributed by atoms with van der Waals surface area (Å²) in [4.78, 5) is 0. The van der Waals surface area contributed by atoms with Crippen LogP contribution in [0.15, 0.2) is 5.16 Å². The van der Waals surface area contributed by atoms with Crippen molar-refractivity contribution < 1.29 is 9.94 Å². The van der Waals surface area contributed by atoms with Crippen LogP contribution in [0.2, 0.25) is 0 Å². The first-order chi connectivity index (χ1) is 3.72. The van der Waals surface area contributed by atoms with Gasteiger partial charge in [0.25, 0.3) is 0 Å². The molecule has 0 bridgehead atoms. The zero-order chi connectivity index (χ0) is 6.57. The summed E-state index contributed by atoms with van der Waals surface area (Å²) in [6, 6.07) is -0.343. The first kappa shape index (κ1) is 7.23. The maximum atomic E-state index is 8.08. The topological polar surface area (TPSA) is 67.8 Å². The van der Waals surface area contributed by atoms with E-state index in [1.54, 1.807) is 6.92 Å². The highest BCUT2D eigenvalue weighted by Crippen LogP contribution is 1.82. The smallest absolute Gasteiger partial charge is 0.242 e. The third-order valence-corrected chi connectivity index (χ3v) is 0.697. The molecule has 0 rings (SSSR count). The van der Waals surface area contributed by atoms with E-state index in [1.165, 1.54) is 7.11 Å². The normalized spacial score (nSPS) is 15.6. The Morgan fingerprint density at radius 3 is 2.38 bits per heavy atom. The van der Waals surface area contributed by atoms with Gasteiger partial charge in [-0.15, -0.1) is 0 Å². The molecule has 0 amide bonds. The van der Waals surface area contributed by atoms with Crippen molar-refractivity contribution in [1.82, 2.24) is 0 Å². The lowest BCUT2D eigenvalue weighted by Crippen LogP contribution is -2.27. The van der Waals surface area contributed by atoms with Crippen LogP contribution in [0.5, 0.6) is 0 Å². The minimum absolute atomic E-state index is 0.144.